The summed E-state index contributed by atoms with van der Waals surface area (Å²) in [5.41, 5.74) is 0. The SMILES string of the molecule is COCCCCSc1nnnn1CCNC(C)C. The lowest BCUT2D eigenvalue weighted by Crippen LogP contribution is -2.27. The minimum Gasteiger partial charge on any atom is -0.385 e. The summed E-state index contributed by atoms with van der Waals surface area (Å²) in [6.07, 6.45) is 2.20. The first-order valence-electron chi connectivity index (χ1n) is 6.35. The number of tetrazole rings is 1. The van der Waals surface area contributed by atoms with Gasteiger partial charge in [-0.1, -0.05) is 25.6 Å². The average Bonchev–Trinajstić information content (AvgIpc) is 2.76. The molecule has 0 aliphatic heterocycles. The Hall–Kier alpha value is -0.660. The van der Waals surface area contributed by atoms with E-state index in [9.17, 15) is 0 Å². The first-order valence-corrected chi connectivity index (χ1v) is 7.34. The number of hydrogen-bond acceptors (Lipinski definition) is 6. The molecule has 0 unspecified atom stereocenters. The Balaban J connectivity index is 2.22. The molecule has 1 aromatic rings. The van der Waals surface area contributed by atoms with Crippen LogP contribution in [0, 0.1) is 0 Å². The zero-order valence-electron chi connectivity index (χ0n) is 11.4. The van der Waals surface area contributed by atoms with Gasteiger partial charge in [-0.15, -0.1) is 5.10 Å². The van der Waals surface area contributed by atoms with Gasteiger partial charge in [0.05, 0.1) is 6.54 Å². The van der Waals surface area contributed by atoms with Gasteiger partial charge < -0.3 is 10.1 Å². The number of ether oxygens (including phenoxy) is 1. The van der Waals surface area contributed by atoms with Gasteiger partial charge in [-0.25, -0.2) is 4.68 Å². The smallest absolute Gasteiger partial charge is 0.209 e. The van der Waals surface area contributed by atoms with Gasteiger partial charge in [0.2, 0.25) is 5.16 Å². The number of methoxy groups -OCH3 is 1. The van der Waals surface area contributed by atoms with Gasteiger partial charge in [0, 0.05) is 32.1 Å². The predicted molar refractivity (Wildman–Crippen MR) is 72.8 cm³/mol. The minimum atomic E-state index is 0.492. The number of nitrogens with one attached hydrogen (secondary N) is 1. The zero-order valence-corrected chi connectivity index (χ0v) is 12.2. The molecule has 0 atom stereocenters. The van der Waals surface area contributed by atoms with Crippen molar-refractivity contribution in [3.63, 3.8) is 0 Å². The molecule has 0 saturated carbocycles. The van der Waals surface area contributed by atoms with E-state index in [1.54, 1.807) is 18.9 Å². The third-order valence-corrected chi connectivity index (χ3v) is 3.39. The highest BCUT2D eigenvalue weighted by molar-refractivity contribution is 7.99. The highest BCUT2D eigenvalue weighted by Gasteiger charge is 2.06. The van der Waals surface area contributed by atoms with Crippen molar-refractivity contribution in [3.05, 3.63) is 0 Å². The van der Waals surface area contributed by atoms with Crippen LogP contribution in [0.5, 0.6) is 0 Å². The van der Waals surface area contributed by atoms with E-state index in [4.69, 9.17) is 4.74 Å². The zero-order chi connectivity index (χ0) is 13.2. The summed E-state index contributed by atoms with van der Waals surface area (Å²) in [4.78, 5) is 0. The first-order chi connectivity index (χ1) is 8.74. The van der Waals surface area contributed by atoms with E-state index in [1.807, 2.05) is 4.68 Å². The molecule has 1 rings (SSSR count). The summed E-state index contributed by atoms with van der Waals surface area (Å²) < 4.78 is 6.87. The number of rotatable bonds is 10. The predicted octanol–water partition coefficient (Wildman–Crippen LogP) is 1.19. The fraction of sp³-hybridized carbons (Fsp3) is 0.909. The highest BCUT2D eigenvalue weighted by Crippen LogP contribution is 2.15. The number of thioether (sulfide) groups is 1. The molecule has 1 heterocycles. The number of unbranched alkanes of at least 4 members (excludes halogenated alkanes) is 1. The van der Waals surface area contributed by atoms with Crippen molar-refractivity contribution in [2.75, 3.05) is 26.0 Å². The topological polar surface area (TPSA) is 64.9 Å². The van der Waals surface area contributed by atoms with Crippen LogP contribution in [-0.2, 0) is 11.3 Å². The third-order valence-electron chi connectivity index (χ3n) is 2.35. The summed E-state index contributed by atoms with van der Waals surface area (Å²) in [7, 11) is 1.73. The molecule has 18 heavy (non-hydrogen) atoms. The second-order valence-electron chi connectivity index (χ2n) is 4.34. The quantitative estimate of drug-likeness (QED) is 0.510. The lowest BCUT2D eigenvalue weighted by atomic mass is 10.4. The van der Waals surface area contributed by atoms with Crippen LogP contribution in [0.2, 0.25) is 0 Å². The van der Waals surface area contributed by atoms with Crippen molar-refractivity contribution in [3.8, 4) is 0 Å². The molecular formula is C11H23N5OS. The van der Waals surface area contributed by atoms with Crippen molar-refractivity contribution in [1.29, 1.82) is 0 Å². The van der Waals surface area contributed by atoms with Gasteiger partial charge in [0.15, 0.2) is 0 Å². The van der Waals surface area contributed by atoms with E-state index in [0.29, 0.717) is 6.04 Å². The maximum Gasteiger partial charge on any atom is 0.209 e. The fourth-order valence-corrected chi connectivity index (χ4v) is 2.31. The monoisotopic (exact) mass is 273 g/mol. The normalized spacial score (nSPS) is 11.3. The molecular weight excluding hydrogens is 250 g/mol. The second-order valence-corrected chi connectivity index (χ2v) is 5.40. The van der Waals surface area contributed by atoms with Gasteiger partial charge in [-0.3, -0.25) is 0 Å². The molecule has 0 bridgehead atoms. The van der Waals surface area contributed by atoms with Gasteiger partial charge in [-0.2, -0.15) is 0 Å². The van der Waals surface area contributed by atoms with E-state index < -0.39 is 0 Å². The number of aromatic nitrogens is 4. The van der Waals surface area contributed by atoms with Gasteiger partial charge >= 0.3 is 0 Å². The Kier molecular flexibility index (Phi) is 7.95. The van der Waals surface area contributed by atoms with Crippen LogP contribution in [0.4, 0.5) is 0 Å². The molecule has 1 aromatic heterocycles. The molecule has 0 spiro atoms. The van der Waals surface area contributed by atoms with Crippen LogP contribution in [0.1, 0.15) is 26.7 Å². The summed E-state index contributed by atoms with van der Waals surface area (Å²) in [6.45, 7) is 6.78. The summed E-state index contributed by atoms with van der Waals surface area (Å²) in [5.74, 6) is 1.03. The summed E-state index contributed by atoms with van der Waals surface area (Å²) in [5, 5.41) is 16.0. The Labute approximate surface area is 113 Å². The van der Waals surface area contributed by atoms with Gasteiger partial charge in [0.25, 0.3) is 0 Å². The van der Waals surface area contributed by atoms with E-state index in [1.165, 1.54) is 0 Å². The molecule has 0 amide bonds. The molecule has 104 valence electrons. The standard InChI is InChI=1S/C11H23N5OS/c1-10(2)12-6-7-16-11(13-14-15-16)18-9-5-4-8-17-3/h10,12H,4-9H2,1-3H3. The van der Waals surface area contributed by atoms with Crippen molar-refractivity contribution in [1.82, 2.24) is 25.5 Å². The molecule has 0 fully saturated rings. The third kappa shape index (κ3) is 6.32. The molecule has 7 heteroatoms. The first kappa shape index (κ1) is 15.4. The van der Waals surface area contributed by atoms with Gasteiger partial charge in [-0.05, 0) is 23.3 Å². The Morgan fingerprint density at radius 2 is 2.22 bits per heavy atom. The Bertz CT molecular complexity index is 318. The number of nitrogens with zero attached hydrogens (tertiary/aromatic N) is 4. The maximum absolute atomic E-state index is 5.02. The molecule has 0 radical (unpaired) electrons. The van der Waals surface area contributed by atoms with E-state index >= 15 is 0 Å². The fourth-order valence-electron chi connectivity index (χ4n) is 1.41. The van der Waals surface area contributed by atoms with Crippen LogP contribution in [0.3, 0.4) is 0 Å². The molecule has 0 aromatic carbocycles. The average molecular weight is 273 g/mol. The summed E-state index contributed by atoms with van der Waals surface area (Å²) in [6, 6.07) is 0.492. The molecule has 1 N–H and O–H groups in total. The maximum atomic E-state index is 5.02. The number of hydrogen-bond donors (Lipinski definition) is 1. The Morgan fingerprint density at radius 1 is 1.39 bits per heavy atom. The molecule has 0 saturated heterocycles. The van der Waals surface area contributed by atoms with E-state index in [2.05, 4.69) is 34.7 Å². The van der Waals surface area contributed by atoms with Gasteiger partial charge in [0.1, 0.15) is 0 Å². The van der Waals surface area contributed by atoms with E-state index in [-0.39, 0.29) is 0 Å². The van der Waals surface area contributed by atoms with E-state index in [0.717, 1.165) is 43.4 Å². The second kappa shape index (κ2) is 9.29. The lowest BCUT2D eigenvalue weighted by Gasteiger charge is -2.08. The highest BCUT2D eigenvalue weighted by atomic mass is 32.2. The van der Waals surface area contributed by atoms with Crippen LogP contribution >= 0.6 is 11.8 Å². The van der Waals surface area contributed by atoms with Crippen molar-refractivity contribution in [2.24, 2.45) is 0 Å². The lowest BCUT2D eigenvalue weighted by molar-refractivity contribution is 0.194. The minimum absolute atomic E-state index is 0.492. The molecule has 6 nitrogen and oxygen atoms in total. The Morgan fingerprint density at radius 3 is 2.94 bits per heavy atom. The summed E-state index contributed by atoms with van der Waals surface area (Å²) >= 11 is 1.71. The molecule has 0 aliphatic carbocycles. The van der Waals surface area contributed by atoms with Crippen molar-refractivity contribution < 1.29 is 4.74 Å². The van der Waals surface area contributed by atoms with Crippen LogP contribution < -0.4 is 5.32 Å². The van der Waals surface area contributed by atoms with Crippen LogP contribution in [0.15, 0.2) is 5.16 Å². The largest absolute Gasteiger partial charge is 0.385 e. The van der Waals surface area contributed by atoms with Crippen molar-refractivity contribution in [2.45, 2.75) is 44.4 Å². The van der Waals surface area contributed by atoms with Crippen molar-refractivity contribution >= 4 is 11.8 Å². The molecule has 0 aliphatic rings. The van der Waals surface area contributed by atoms with Crippen LogP contribution in [-0.4, -0.2) is 52.3 Å². The van der Waals surface area contributed by atoms with Crippen LogP contribution in [0.25, 0.3) is 0 Å².